The number of rotatable bonds is 10. The van der Waals surface area contributed by atoms with E-state index in [-0.39, 0.29) is 10.8 Å². The van der Waals surface area contributed by atoms with Crippen molar-refractivity contribution in [1.82, 2.24) is 19.9 Å². The van der Waals surface area contributed by atoms with Crippen LogP contribution in [-0.2, 0) is 23.7 Å². The molecule has 0 fully saturated rings. The second-order valence-electron chi connectivity index (χ2n) is 10.2. The molecule has 160 valence electrons. The minimum atomic E-state index is 0.0239. The quantitative estimate of drug-likeness (QED) is 0.437. The van der Waals surface area contributed by atoms with E-state index < -0.39 is 0 Å². The highest BCUT2D eigenvalue weighted by Gasteiger charge is 2.18. The van der Waals surface area contributed by atoms with Crippen molar-refractivity contribution in [2.45, 2.75) is 110 Å². The zero-order valence-electron chi connectivity index (χ0n) is 19.5. The van der Waals surface area contributed by atoms with E-state index in [4.69, 9.17) is 9.97 Å². The second kappa shape index (κ2) is 10.8. The van der Waals surface area contributed by atoms with Crippen LogP contribution in [0.1, 0.15) is 110 Å². The fourth-order valence-electron chi connectivity index (χ4n) is 3.29. The molecule has 2 aromatic rings. The van der Waals surface area contributed by atoms with E-state index in [1.54, 1.807) is 0 Å². The zero-order chi connectivity index (χ0) is 21.3. The number of hydrogen-bond acceptors (Lipinski definition) is 4. The standard InChI is InChI=1S/C25H40N4/c1-24(2,3)22-26-18-16-20(28-22)14-12-10-8-7-9-11-13-15-21-17-19-27-23(29-21)25(4,5)6/h16-19H,7-15H2,1-6H3. The molecule has 0 aliphatic carbocycles. The van der Waals surface area contributed by atoms with Crippen molar-refractivity contribution >= 4 is 0 Å². The average Bonchev–Trinajstić information content (AvgIpc) is 2.66. The highest BCUT2D eigenvalue weighted by Crippen LogP contribution is 2.19. The number of nitrogens with zero attached hydrogens (tertiary/aromatic N) is 4. The summed E-state index contributed by atoms with van der Waals surface area (Å²) >= 11 is 0. The van der Waals surface area contributed by atoms with Crippen molar-refractivity contribution in [1.29, 1.82) is 0 Å². The molecule has 0 bridgehead atoms. The molecule has 2 aromatic heterocycles. The monoisotopic (exact) mass is 396 g/mol. The Bertz CT molecular complexity index is 677. The lowest BCUT2D eigenvalue weighted by molar-refractivity contribution is 0.535. The van der Waals surface area contributed by atoms with Gasteiger partial charge in [-0.1, -0.05) is 73.6 Å². The molecule has 0 saturated carbocycles. The number of aryl methyl sites for hydroxylation is 2. The smallest absolute Gasteiger partial charge is 0.133 e. The summed E-state index contributed by atoms with van der Waals surface area (Å²) in [5, 5.41) is 0. The summed E-state index contributed by atoms with van der Waals surface area (Å²) in [6.45, 7) is 13.0. The fraction of sp³-hybridized carbons (Fsp3) is 0.680. The molecular formula is C25H40N4. The van der Waals surface area contributed by atoms with Gasteiger partial charge in [0.05, 0.1) is 0 Å². The Hall–Kier alpha value is -1.84. The third-order valence-corrected chi connectivity index (χ3v) is 5.13. The van der Waals surface area contributed by atoms with E-state index in [1.165, 1.54) is 56.3 Å². The molecule has 4 nitrogen and oxygen atoms in total. The fourth-order valence-corrected chi connectivity index (χ4v) is 3.29. The molecule has 0 N–H and O–H groups in total. The molecule has 0 atom stereocenters. The minimum Gasteiger partial charge on any atom is -0.241 e. The molecule has 0 aliphatic heterocycles. The Morgan fingerprint density at radius 2 is 0.897 bits per heavy atom. The van der Waals surface area contributed by atoms with Crippen LogP contribution < -0.4 is 0 Å². The van der Waals surface area contributed by atoms with Crippen molar-refractivity contribution in [3.05, 3.63) is 47.6 Å². The molecule has 0 amide bonds. The number of unbranched alkanes of at least 4 members (excludes halogenated alkanes) is 6. The maximum atomic E-state index is 4.73. The first kappa shape index (κ1) is 23.4. The van der Waals surface area contributed by atoms with Gasteiger partial charge in [-0.25, -0.2) is 19.9 Å². The molecule has 0 aromatic carbocycles. The first-order valence-electron chi connectivity index (χ1n) is 11.3. The van der Waals surface area contributed by atoms with Crippen LogP contribution in [0.4, 0.5) is 0 Å². The van der Waals surface area contributed by atoms with E-state index in [0.717, 1.165) is 24.5 Å². The van der Waals surface area contributed by atoms with Crippen molar-refractivity contribution in [2.24, 2.45) is 0 Å². The van der Waals surface area contributed by atoms with E-state index in [2.05, 4.69) is 63.6 Å². The Labute approximate surface area is 178 Å². The van der Waals surface area contributed by atoms with Gasteiger partial charge in [-0.15, -0.1) is 0 Å². The van der Waals surface area contributed by atoms with Gasteiger partial charge in [0.15, 0.2) is 0 Å². The topological polar surface area (TPSA) is 51.6 Å². The summed E-state index contributed by atoms with van der Waals surface area (Å²) in [6.07, 6.45) is 14.9. The van der Waals surface area contributed by atoms with Crippen molar-refractivity contribution in [3.63, 3.8) is 0 Å². The van der Waals surface area contributed by atoms with Crippen molar-refractivity contribution < 1.29 is 0 Å². The molecule has 2 rings (SSSR count). The summed E-state index contributed by atoms with van der Waals surface area (Å²) in [5.74, 6) is 1.90. The van der Waals surface area contributed by atoms with Crippen LogP contribution in [0.15, 0.2) is 24.5 Å². The van der Waals surface area contributed by atoms with Crippen molar-refractivity contribution in [2.75, 3.05) is 0 Å². The van der Waals surface area contributed by atoms with Gasteiger partial charge in [-0.05, 0) is 37.8 Å². The van der Waals surface area contributed by atoms with Gasteiger partial charge in [-0.2, -0.15) is 0 Å². The van der Waals surface area contributed by atoms with Gasteiger partial charge < -0.3 is 0 Å². The molecular weight excluding hydrogens is 356 g/mol. The average molecular weight is 397 g/mol. The molecule has 2 heterocycles. The van der Waals surface area contributed by atoms with Crippen LogP contribution in [0.2, 0.25) is 0 Å². The first-order valence-corrected chi connectivity index (χ1v) is 11.3. The molecule has 29 heavy (non-hydrogen) atoms. The SMILES string of the molecule is CC(C)(C)c1nccc(CCCCCCCCCc2ccnc(C(C)(C)C)n2)n1. The largest absolute Gasteiger partial charge is 0.241 e. The maximum Gasteiger partial charge on any atom is 0.133 e. The maximum absolute atomic E-state index is 4.73. The summed E-state index contributed by atoms with van der Waals surface area (Å²) in [5.41, 5.74) is 2.42. The van der Waals surface area contributed by atoms with E-state index >= 15 is 0 Å². The lowest BCUT2D eigenvalue weighted by Crippen LogP contribution is -2.16. The van der Waals surface area contributed by atoms with Gasteiger partial charge in [0, 0.05) is 34.6 Å². The van der Waals surface area contributed by atoms with Crippen molar-refractivity contribution in [3.8, 4) is 0 Å². The van der Waals surface area contributed by atoms with Gasteiger partial charge in [-0.3, -0.25) is 0 Å². The predicted molar refractivity (Wildman–Crippen MR) is 121 cm³/mol. The van der Waals surface area contributed by atoms with E-state index in [0.29, 0.717) is 0 Å². The highest BCUT2D eigenvalue weighted by atomic mass is 14.9. The summed E-state index contributed by atoms with van der Waals surface area (Å²) in [4.78, 5) is 18.3. The van der Waals surface area contributed by atoms with E-state index in [1.807, 2.05) is 12.4 Å². The van der Waals surface area contributed by atoms with Gasteiger partial charge >= 0.3 is 0 Å². The van der Waals surface area contributed by atoms with Gasteiger partial charge in [0.1, 0.15) is 11.6 Å². The predicted octanol–water partition coefficient (Wildman–Crippen LogP) is 6.38. The third-order valence-electron chi connectivity index (χ3n) is 5.13. The molecule has 0 spiro atoms. The second-order valence-corrected chi connectivity index (χ2v) is 10.2. The Morgan fingerprint density at radius 3 is 1.24 bits per heavy atom. The van der Waals surface area contributed by atoms with Crippen LogP contribution in [0.25, 0.3) is 0 Å². The van der Waals surface area contributed by atoms with E-state index in [9.17, 15) is 0 Å². The molecule has 0 saturated heterocycles. The lowest BCUT2D eigenvalue weighted by atomic mass is 9.95. The molecule has 0 aliphatic rings. The summed E-state index contributed by atoms with van der Waals surface area (Å²) < 4.78 is 0. The Kier molecular flexibility index (Phi) is 8.73. The minimum absolute atomic E-state index is 0.0239. The zero-order valence-corrected chi connectivity index (χ0v) is 19.5. The third kappa shape index (κ3) is 8.59. The van der Waals surface area contributed by atoms with Gasteiger partial charge in [0.2, 0.25) is 0 Å². The molecule has 0 radical (unpaired) electrons. The first-order chi connectivity index (χ1) is 13.7. The molecule has 4 heteroatoms. The Morgan fingerprint density at radius 1 is 0.552 bits per heavy atom. The lowest BCUT2D eigenvalue weighted by Gasteiger charge is -2.16. The van der Waals surface area contributed by atoms with Crippen LogP contribution in [-0.4, -0.2) is 19.9 Å². The van der Waals surface area contributed by atoms with Gasteiger partial charge in [0.25, 0.3) is 0 Å². The normalized spacial score (nSPS) is 12.3. The summed E-state index contributed by atoms with van der Waals surface area (Å²) in [6, 6.07) is 4.13. The number of aromatic nitrogens is 4. The van der Waals surface area contributed by atoms with Crippen LogP contribution in [0.3, 0.4) is 0 Å². The molecule has 0 unspecified atom stereocenters. The Balaban J connectivity index is 1.56. The number of hydrogen-bond donors (Lipinski definition) is 0. The van der Waals surface area contributed by atoms with Crippen LogP contribution in [0, 0.1) is 0 Å². The van der Waals surface area contributed by atoms with Crippen LogP contribution >= 0.6 is 0 Å². The highest BCUT2D eigenvalue weighted by molar-refractivity contribution is 5.09. The summed E-state index contributed by atoms with van der Waals surface area (Å²) in [7, 11) is 0. The van der Waals surface area contributed by atoms with Crippen LogP contribution in [0.5, 0.6) is 0 Å².